The van der Waals surface area contributed by atoms with Crippen LogP contribution in [-0.4, -0.2) is 137 Å². The number of esters is 1. The molecule has 0 saturated carbocycles. The number of hydrogen-bond donors (Lipinski definition) is 9. The third kappa shape index (κ3) is 22.3. The number of ether oxygens (including phenoxy) is 3. The van der Waals surface area contributed by atoms with Gasteiger partial charge in [-0.2, -0.15) is 0 Å². The molecule has 4 rings (SSSR count). The number of likely N-dealkylation sites (tertiary alicyclic amines) is 1. The molecule has 1 aliphatic rings. The van der Waals surface area contributed by atoms with Gasteiger partial charge in [0.05, 0.1) is 18.6 Å². The van der Waals surface area contributed by atoms with E-state index in [2.05, 4.69) is 36.9 Å². The van der Waals surface area contributed by atoms with Gasteiger partial charge in [-0.25, -0.2) is 24.7 Å². The van der Waals surface area contributed by atoms with Gasteiger partial charge in [-0.1, -0.05) is 95.9 Å². The molecule has 0 bridgehead atoms. The first-order valence-corrected chi connectivity index (χ1v) is 25.8. The van der Waals surface area contributed by atoms with Gasteiger partial charge >= 0.3 is 18.2 Å². The predicted octanol–water partition coefficient (Wildman–Crippen LogP) is 2.80. The minimum absolute atomic E-state index is 0.0281. The lowest BCUT2D eigenvalue weighted by molar-refractivity contribution is -0.525. The van der Waals surface area contributed by atoms with Gasteiger partial charge in [-0.05, 0) is 89.8 Å². The molecule has 1 fully saturated rings. The summed E-state index contributed by atoms with van der Waals surface area (Å²) < 4.78 is 15.7. The summed E-state index contributed by atoms with van der Waals surface area (Å²) in [4.78, 5) is 123. The van der Waals surface area contributed by atoms with Crippen molar-refractivity contribution in [3.8, 4) is 0 Å². The first-order valence-electron chi connectivity index (χ1n) is 25.4. The number of carbonyl (C=O) groups excluding carboxylic acids is 8. The zero-order valence-corrected chi connectivity index (χ0v) is 44.8. The molecule has 3 aromatic rings. The number of nitrogens with zero attached hydrogens (tertiary/aromatic N) is 3. The summed E-state index contributed by atoms with van der Waals surface area (Å²) >= 11 is 6.16. The number of unbranched alkanes of at least 4 members (excludes halogenated alkanes) is 1. The van der Waals surface area contributed by atoms with Gasteiger partial charge in [0.2, 0.25) is 23.6 Å². The molecule has 0 radical (unpaired) electrons. The predicted molar refractivity (Wildman–Crippen MR) is 284 cm³/mol. The minimum Gasteiger partial charge on any atom is -0.456 e. The van der Waals surface area contributed by atoms with Crippen LogP contribution in [-0.2, 0) is 49.6 Å². The third-order valence-electron chi connectivity index (χ3n) is 11.7. The zero-order chi connectivity index (χ0) is 57.2. The van der Waals surface area contributed by atoms with E-state index < -0.39 is 107 Å². The van der Waals surface area contributed by atoms with Crippen LogP contribution in [0.25, 0.3) is 0 Å². The van der Waals surface area contributed by atoms with E-state index in [4.69, 9.17) is 31.5 Å². The second kappa shape index (κ2) is 31.9. The Kier molecular flexibility index (Phi) is 25.5. The maximum atomic E-state index is 14.5. The number of carbonyl (C=O) groups is 8. The maximum absolute atomic E-state index is 14.5. The van der Waals surface area contributed by atoms with Crippen LogP contribution in [0.15, 0.2) is 89.9 Å². The molecule has 424 valence electrons. The van der Waals surface area contributed by atoms with Gasteiger partial charge in [-0.3, -0.25) is 28.8 Å². The van der Waals surface area contributed by atoms with Crippen molar-refractivity contribution in [1.29, 1.82) is 0 Å². The lowest BCUT2D eigenvalue weighted by Crippen LogP contribution is -2.59. The van der Waals surface area contributed by atoms with Crippen molar-refractivity contribution >= 4 is 65.3 Å². The van der Waals surface area contributed by atoms with Crippen LogP contribution in [0.1, 0.15) is 102 Å². The van der Waals surface area contributed by atoms with Crippen LogP contribution in [0.5, 0.6) is 0 Å². The molecular formula is C52H70ClN11O14. The minimum atomic E-state index is -1.57. The molecule has 10 N–H and O–H groups in total. The number of amides is 7. The highest BCUT2D eigenvalue weighted by Gasteiger charge is 2.40. The van der Waals surface area contributed by atoms with E-state index in [1.54, 1.807) is 50.5 Å². The van der Waals surface area contributed by atoms with E-state index in [0.717, 1.165) is 11.1 Å². The summed E-state index contributed by atoms with van der Waals surface area (Å²) in [6, 6.07) is 19.4. The van der Waals surface area contributed by atoms with Crippen molar-refractivity contribution < 1.29 is 62.7 Å². The van der Waals surface area contributed by atoms with Crippen LogP contribution in [0.4, 0.5) is 9.59 Å². The van der Waals surface area contributed by atoms with Crippen molar-refractivity contribution in [3.05, 3.63) is 117 Å². The normalized spacial score (nSPS) is 14.8. The number of nitrogens with one attached hydrogen (secondary N) is 7. The van der Waals surface area contributed by atoms with Crippen LogP contribution < -0.4 is 43.1 Å². The lowest BCUT2D eigenvalue weighted by atomic mass is 9.99. The highest BCUT2D eigenvalue weighted by molar-refractivity contribution is 6.31. The van der Waals surface area contributed by atoms with E-state index in [1.807, 2.05) is 60.7 Å². The molecule has 1 saturated heterocycles. The molecule has 78 heavy (non-hydrogen) atoms. The van der Waals surface area contributed by atoms with Crippen molar-refractivity contribution in [3.63, 3.8) is 0 Å². The number of aliphatic imine (C=N–C) groups is 1. The molecule has 1 heterocycles. The van der Waals surface area contributed by atoms with Gasteiger partial charge < -0.3 is 61.9 Å². The molecule has 25 nitrogen and oxygen atoms in total. The summed E-state index contributed by atoms with van der Waals surface area (Å²) in [5.74, 6) is -5.00. The number of aliphatic hydroxyl groups is 1. The van der Waals surface area contributed by atoms with Crippen LogP contribution >= 0.6 is 11.6 Å². The molecule has 26 heteroatoms. The van der Waals surface area contributed by atoms with Crippen LogP contribution in [0.2, 0.25) is 5.02 Å². The third-order valence-corrected chi connectivity index (χ3v) is 12.1. The fraction of sp³-hybridized carbons (Fsp3) is 0.481. The topological polar surface area (TPSA) is 353 Å². The van der Waals surface area contributed by atoms with Gasteiger partial charge in [0.15, 0.2) is 11.6 Å². The van der Waals surface area contributed by atoms with Crippen LogP contribution in [0.3, 0.4) is 0 Å². The highest BCUT2D eigenvalue weighted by atomic mass is 35.5. The van der Waals surface area contributed by atoms with Gasteiger partial charge in [0.25, 0.3) is 11.9 Å². The van der Waals surface area contributed by atoms with Crippen molar-refractivity contribution in [2.75, 3.05) is 32.8 Å². The average Bonchev–Trinajstić information content (AvgIpc) is 3.89. The number of hydrazine groups is 1. The lowest BCUT2D eigenvalue weighted by Gasteiger charge is -2.31. The number of rotatable bonds is 28. The van der Waals surface area contributed by atoms with Crippen molar-refractivity contribution in [1.82, 2.24) is 42.2 Å². The molecule has 7 amide bonds. The van der Waals surface area contributed by atoms with E-state index in [1.165, 1.54) is 11.8 Å². The Balaban J connectivity index is 1.42. The summed E-state index contributed by atoms with van der Waals surface area (Å²) in [5, 5.41) is 36.6. The highest BCUT2D eigenvalue weighted by Crippen LogP contribution is 2.23. The Bertz CT molecular complexity index is 2500. The monoisotopic (exact) mass is 1110 g/mol. The second-order valence-corrected chi connectivity index (χ2v) is 19.5. The number of nitrogens with two attached hydrogens (primary N) is 1. The fourth-order valence-electron chi connectivity index (χ4n) is 7.98. The standard InChI is InChI=1S/C52H70ClN11O14/c1-33(65)43(61-51(73)78-52(2,3)4)47(70)59-39(23-13-14-27-57-50(72)77-31-36-21-11-12-22-37(36)53)48(71)63-30-16-25-40(63)46(69)58-38(24-15-28-56-49(54)62-64(74)75)45(68)55-29-26-42(67)76-32-41(66)60-44(34-17-7-5-8-18-34)35-19-9-6-10-20-35/h5-12,17-22,33,38-40,43-44,65H,13-16,23-32H2,1-4H3,(H,55,68)(H,57,72)(H,58,69)(H,59,70)(H,60,66)(H,61,73)(H3,54,56,62)/t33-,38+,39+,40+,43+/m1/s1. The molecule has 3 aromatic carbocycles. The van der Waals surface area contributed by atoms with Gasteiger partial charge in [0.1, 0.15) is 36.4 Å². The number of benzene rings is 3. The average molecular weight is 1110 g/mol. The number of halogens is 1. The number of nitro groups is 1. The Morgan fingerprint density at radius 2 is 1.45 bits per heavy atom. The number of hydrogen-bond acceptors (Lipinski definition) is 15. The van der Waals surface area contributed by atoms with Crippen LogP contribution in [0, 0.1) is 10.1 Å². The zero-order valence-electron chi connectivity index (χ0n) is 44.0. The quantitative estimate of drug-likeness (QED) is 0.00960. The Hall–Kier alpha value is -8.06. The number of aliphatic hydroxyl groups excluding tert-OH is 1. The number of guanidine groups is 1. The summed E-state index contributed by atoms with van der Waals surface area (Å²) in [7, 11) is 0. The summed E-state index contributed by atoms with van der Waals surface area (Å²) in [5.41, 5.74) is 8.51. The van der Waals surface area contributed by atoms with Gasteiger partial charge in [0, 0.05) is 36.8 Å². The SMILES string of the molecule is C[C@@H](O)[C@H](NC(=O)OC(C)(C)C)C(=O)N[C@@H](CCCCNC(=O)OCc1ccccc1Cl)C(=O)N1CCC[C@H]1C(=O)N[C@@H](CCCN=C(N)N[N+](=O)[O-])C(=O)NCCC(=O)OCC(=O)NC(c1ccccc1)c1ccccc1. The number of alkyl carbamates (subject to hydrolysis) is 2. The molecule has 0 spiro atoms. The van der Waals surface area contributed by atoms with Gasteiger partial charge in [-0.15, -0.1) is 0 Å². The van der Waals surface area contributed by atoms with Crippen molar-refractivity contribution in [2.45, 2.75) is 128 Å². The Labute approximate surface area is 456 Å². The molecule has 1 aliphatic heterocycles. The maximum Gasteiger partial charge on any atom is 0.408 e. The first kappa shape index (κ1) is 62.5. The van der Waals surface area contributed by atoms with Crippen molar-refractivity contribution in [2.24, 2.45) is 10.7 Å². The summed E-state index contributed by atoms with van der Waals surface area (Å²) in [6.45, 7) is 5.17. The molecule has 0 unspecified atom stereocenters. The van der Waals surface area contributed by atoms with E-state index >= 15 is 0 Å². The second-order valence-electron chi connectivity index (χ2n) is 19.1. The summed E-state index contributed by atoms with van der Waals surface area (Å²) in [6.07, 6.45) is -2.57. The smallest absolute Gasteiger partial charge is 0.408 e. The van der Waals surface area contributed by atoms with E-state index in [-0.39, 0.29) is 71.3 Å². The Morgan fingerprint density at radius 3 is 2.08 bits per heavy atom. The molecule has 0 aliphatic carbocycles. The molecular weight excluding hydrogens is 1040 g/mol. The molecule has 0 aromatic heterocycles. The first-order chi connectivity index (χ1) is 37.1. The largest absolute Gasteiger partial charge is 0.456 e. The van der Waals surface area contributed by atoms with E-state index in [9.17, 15) is 53.6 Å². The Morgan fingerprint density at radius 1 is 0.808 bits per heavy atom. The fourth-order valence-corrected chi connectivity index (χ4v) is 8.17. The molecule has 5 atom stereocenters. The van der Waals surface area contributed by atoms with E-state index in [0.29, 0.717) is 23.4 Å².